The van der Waals surface area contributed by atoms with Gasteiger partial charge in [0.15, 0.2) is 0 Å². The van der Waals surface area contributed by atoms with E-state index < -0.39 is 0 Å². The molecule has 112 valence electrons. The van der Waals surface area contributed by atoms with Crippen LogP contribution in [0.2, 0.25) is 0 Å². The molecule has 4 aromatic rings. The van der Waals surface area contributed by atoms with Gasteiger partial charge in [0, 0.05) is 11.3 Å². The van der Waals surface area contributed by atoms with Gasteiger partial charge in [0.2, 0.25) is 0 Å². The fourth-order valence-corrected chi connectivity index (χ4v) is 2.77. The molecular weight excluding hydrogens is 287 g/mol. The maximum absolute atomic E-state index is 13.3. The Kier molecular flexibility index (Phi) is 3.19. The number of aryl methyl sites for hydroxylation is 1. The minimum absolute atomic E-state index is 0.241. The number of halogens is 1. The average molecular weight is 302 g/mol. The summed E-state index contributed by atoms with van der Waals surface area (Å²) in [5.74, 6) is 0.618. The summed E-state index contributed by atoms with van der Waals surface area (Å²) in [5.41, 5.74) is 5.08. The predicted molar refractivity (Wildman–Crippen MR) is 91.2 cm³/mol. The SMILES string of the molecule is Cc1ccc(-c2nc3ccccc3n2-c2ccc(F)cc2)cc1. The number of rotatable bonds is 2. The molecule has 0 fully saturated rings. The second-order valence-corrected chi connectivity index (χ2v) is 5.60. The highest BCUT2D eigenvalue weighted by atomic mass is 19.1. The zero-order valence-corrected chi connectivity index (χ0v) is 12.7. The van der Waals surface area contributed by atoms with Crippen LogP contribution in [0.5, 0.6) is 0 Å². The second-order valence-electron chi connectivity index (χ2n) is 5.60. The first kappa shape index (κ1) is 13.7. The maximum Gasteiger partial charge on any atom is 0.145 e. The molecule has 0 bridgehead atoms. The summed E-state index contributed by atoms with van der Waals surface area (Å²) in [5, 5.41) is 0. The van der Waals surface area contributed by atoms with E-state index in [0.717, 1.165) is 28.1 Å². The molecule has 0 spiro atoms. The molecule has 0 amide bonds. The number of hydrogen-bond acceptors (Lipinski definition) is 1. The summed E-state index contributed by atoms with van der Waals surface area (Å²) in [6.45, 7) is 2.06. The average Bonchev–Trinajstić information content (AvgIpc) is 2.96. The number of aromatic nitrogens is 2. The highest BCUT2D eigenvalue weighted by Crippen LogP contribution is 2.28. The van der Waals surface area contributed by atoms with Gasteiger partial charge in [0.25, 0.3) is 0 Å². The Morgan fingerprint density at radius 3 is 2.26 bits per heavy atom. The van der Waals surface area contributed by atoms with Crippen LogP contribution in [-0.2, 0) is 0 Å². The van der Waals surface area contributed by atoms with Gasteiger partial charge in [-0.3, -0.25) is 4.57 Å². The van der Waals surface area contributed by atoms with E-state index >= 15 is 0 Å². The van der Waals surface area contributed by atoms with Crippen LogP contribution >= 0.6 is 0 Å². The van der Waals surface area contributed by atoms with Gasteiger partial charge in [-0.2, -0.15) is 0 Å². The van der Waals surface area contributed by atoms with Crippen molar-refractivity contribution in [1.82, 2.24) is 9.55 Å². The third-order valence-electron chi connectivity index (χ3n) is 3.96. The molecule has 0 aliphatic carbocycles. The molecule has 1 aromatic heterocycles. The topological polar surface area (TPSA) is 17.8 Å². The van der Waals surface area contributed by atoms with E-state index in [4.69, 9.17) is 4.98 Å². The van der Waals surface area contributed by atoms with Gasteiger partial charge >= 0.3 is 0 Å². The molecule has 0 saturated heterocycles. The van der Waals surface area contributed by atoms with Crippen molar-refractivity contribution in [2.75, 3.05) is 0 Å². The molecule has 0 radical (unpaired) electrons. The van der Waals surface area contributed by atoms with Crippen LogP contribution in [0.1, 0.15) is 5.56 Å². The summed E-state index contributed by atoms with van der Waals surface area (Å²) in [7, 11) is 0. The first-order valence-corrected chi connectivity index (χ1v) is 7.53. The number of fused-ring (bicyclic) bond motifs is 1. The van der Waals surface area contributed by atoms with Gasteiger partial charge < -0.3 is 0 Å². The largest absolute Gasteiger partial charge is 0.292 e. The number of para-hydroxylation sites is 2. The molecule has 23 heavy (non-hydrogen) atoms. The quantitative estimate of drug-likeness (QED) is 0.501. The van der Waals surface area contributed by atoms with Crippen LogP contribution in [0.3, 0.4) is 0 Å². The summed E-state index contributed by atoms with van der Waals surface area (Å²) in [4.78, 5) is 4.78. The standard InChI is InChI=1S/C20H15FN2/c1-14-6-8-15(9-7-14)20-22-18-4-2-3-5-19(18)23(20)17-12-10-16(21)11-13-17/h2-13H,1H3. The Balaban J connectivity index is 2.01. The molecule has 1 heterocycles. The van der Waals surface area contributed by atoms with Crippen LogP contribution < -0.4 is 0 Å². The number of benzene rings is 3. The molecule has 0 aliphatic heterocycles. The lowest BCUT2D eigenvalue weighted by Gasteiger charge is -2.09. The van der Waals surface area contributed by atoms with Crippen LogP contribution in [0.15, 0.2) is 72.8 Å². The molecule has 0 atom stereocenters. The minimum Gasteiger partial charge on any atom is -0.292 e. The maximum atomic E-state index is 13.3. The van der Waals surface area contributed by atoms with Gasteiger partial charge in [-0.15, -0.1) is 0 Å². The van der Waals surface area contributed by atoms with E-state index in [1.165, 1.54) is 17.7 Å². The zero-order chi connectivity index (χ0) is 15.8. The van der Waals surface area contributed by atoms with E-state index in [-0.39, 0.29) is 5.82 Å². The van der Waals surface area contributed by atoms with Gasteiger partial charge in [0.1, 0.15) is 11.6 Å². The predicted octanol–water partition coefficient (Wildman–Crippen LogP) is 5.14. The first-order chi connectivity index (χ1) is 11.2. The lowest BCUT2D eigenvalue weighted by atomic mass is 10.1. The van der Waals surface area contributed by atoms with E-state index in [9.17, 15) is 4.39 Å². The number of hydrogen-bond donors (Lipinski definition) is 0. The van der Waals surface area contributed by atoms with Crippen molar-refractivity contribution >= 4 is 11.0 Å². The molecule has 2 nitrogen and oxygen atoms in total. The van der Waals surface area contributed by atoms with Gasteiger partial charge in [-0.1, -0.05) is 42.0 Å². The summed E-state index contributed by atoms with van der Waals surface area (Å²) in [6.07, 6.45) is 0. The Morgan fingerprint density at radius 1 is 0.826 bits per heavy atom. The van der Waals surface area contributed by atoms with Crippen molar-refractivity contribution in [1.29, 1.82) is 0 Å². The summed E-state index contributed by atoms with van der Waals surface area (Å²) in [6, 6.07) is 22.8. The summed E-state index contributed by atoms with van der Waals surface area (Å²) < 4.78 is 15.4. The lowest BCUT2D eigenvalue weighted by molar-refractivity contribution is 0.627. The normalized spacial score (nSPS) is 11.0. The van der Waals surface area contributed by atoms with Crippen molar-refractivity contribution in [3.05, 3.63) is 84.2 Å². The van der Waals surface area contributed by atoms with E-state index in [1.54, 1.807) is 12.1 Å². The van der Waals surface area contributed by atoms with Crippen LogP contribution in [0, 0.1) is 12.7 Å². The monoisotopic (exact) mass is 302 g/mol. The molecule has 0 saturated carbocycles. The van der Waals surface area contributed by atoms with E-state index in [2.05, 4.69) is 35.8 Å². The third-order valence-corrected chi connectivity index (χ3v) is 3.96. The molecule has 3 heteroatoms. The first-order valence-electron chi connectivity index (χ1n) is 7.53. The van der Waals surface area contributed by atoms with Crippen molar-refractivity contribution < 1.29 is 4.39 Å². The Bertz CT molecular complexity index is 967. The lowest BCUT2D eigenvalue weighted by Crippen LogP contribution is -1.97. The Labute approximate surface area is 133 Å². The van der Waals surface area contributed by atoms with Gasteiger partial charge in [0.05, 0.1) is 11.0 Å². The molecule has 0 unspecified atom stereocenters. The fourth-order valence-electron chi connectivity index (χ4n) is 2.77. The van der Waals surface area contributed by atoms with Gasteiger partial charge in [-0.05, 0) is 43.3 Å². The van der Waals surface area contributed by atoms with Crippen LogP contribution in [0.25, 0.3) is 28.1 Å². The van der Waals surface area contributed by atoms with Crippen LogP contribution in [-0.4, -0.2) is 9.55 Å². The zero-order valence-electron chi connectivity index (χ0n) is 12.7. The van der Waals surface area contributed by atoms with E-state index in [0.29, 0.717) is 0 Å². The molecule has 3 aromatic carbocycles. The summed E-state index contributed by atoms with van der Waals surface area (Å²) >= 11 is 0. The van der Waals surface area contributed by atoms with E-state index in [1.807, 2.05) is 24.3 Å². The van der Waals surface area contributed by atoms with Crippen molar-refractivity contribution in [3.8, 4) is 17.1 Å². The Hall–Kier alpha value is -2.94. The molecule has 0 aliphatic rings. The minimum atomic E-state index is -0.241. The van der Waals surface area contributed by atoms with Crippen molar-refractivity contribution in [3.63, 3.8) is 0 Å². The highest BCUT2D eigenvalue weighted by Gasteiger charge is 2.13. The third kappa shape index (κ3) is 2.40. The van der Waals surface area contributed by atoms with Crippen molar-refractivity contribution in [2.45, 2.75) is 6.92 Å². The number of imidazole rings is 1. The smallest absolute Gasteiger partial charge is 0.145 e. The number of nitrogens with zero attached hydrogens (tertiary/aromatic N) is 2. The Morgan fingerprint density at radius 2 is 1.52 bits per heavy atom. The van der Waals surface area contributed by atoms with Gasteiger partial charge in [-0.25, -0.2) is 9.37 Å². The molecular formula is C20H15FN2. The molecule has 0 N–H and O–H groups in total. The fraction of sp³-hybridized carbons (Fsp3) is 0.0500. The highest BCUT2D eigenvalue weighted by molar-refractivity contribution is 5.83. The second kappa shape index (κ2) is 5.36. The van der Waals surface area contributed by atoms with Crippen molar-refractivity contribution in [2.24, 2.45) is 0 Å². The molecule has 4 rings (SSSR count). The van der Waals surface area contributed by atoms with Crippen LogP contribution in [0.4, 0.5) is 4.39 Å².